The number of carbonyl (C=O) groups excluding carboxylic acids is 1. The van der Waals surface area contributed by atoms with Crippen molar-refractivity contribution >= 4 is 11.6 Å². The van der Waals surface area contributed by atoms with Gasteiger partial charge in [0.05, 0.1) is 5.56 Å². The maximum Gasteiger partial charge on any atom is 0.417 e. The molecule has 0 bridgehead atoms. The van der Waals surface area contributed by atoms with Gasteiger partial charge in [0.25, 0.3) is 5.56 Å². The number of hydrogen-bond donors (Lipinski definition) is 1. The Morgan fingerprint density at radius 3 is 2.36 bits per heavy atom. The lowest BCUT2D eigenvalue weighted by molar-refractivity contribution is -0.138. The molecule has 0 spiro atoms. The van der Waals surface area contributed by atoms with Crippen LogP contribution in [0.4, 0.5) is 18.9 Å². The van der Waals surface area contributed by atoms with Crippen LogP contribution in [0.1, 0.15) is 11.1 Å². The van der Waals surface area contributed by atoms with Crippen molar-refractivity contribution < 1.29 is 18.0 Å². The van der Waals surface area contributed by atoms with Gasteiger partial charge in [0.2, 0.25) is 5.91 Å². The molecule has 1 amide bonds. The highest BCUT2D eigenvalue weighted by Crippen LogP contribution is 2.27. The SMILES string of the molecule is Cc1ccc(NC(=O)Cn2cc(C(F)(F)F)ccc2=O)cc1. The lowest BCUT2D eigenvalue weighted by Crippen LogP contribution is -2.28. The number of alkyl halides is 3. The van der Waals surface area contributed by atoms with Gasteiger partial charge in [0.1, 0.15) is 6.54 Å². The summed E-state index contributed by atoms with van der Waals surface area (Å²) in [6.07, 6.45) is -3.93. The molecule has 7 heteroatoms. The summed E-state index contributed by atoms with van der Waals surface area (Å²) in [6.45, 7) is 1.39. The molecule has 1 aromatic heterocycles. The molecule has 1 heterocycles. The number of nitrogens with one attached hydrogen (secondary N) is 1. The molecule has 2 rings (SSSR count). The minimum atomic E-state index is -4.57. The molecule has 0 saturated heterocycles. The summed E-state index contributed by atoms with van der Waals surface area (Å²) in [4.78, 5) is 23.4. The average Bonchev–Trinajstić information content (AvgIpc) is 2.42. The number of halogens is 3. The summed E-state index contributed by atoms with van der Waals surface area (Å²) in [5, 5.41) is 2.52. The van der Waals surface area contributed by atoms with E-state index in [9.17, 15) is 22.8 Å². The Morgan fingerprint density at radius 1 is 1.14 bits per heavy atom. The second-order valence-corrected chi connectivity index (χ2v) is 4.80. The van der Waals surface area contributed by atoms with Crippen LogP contribution in [-0.2, 0) is 17.5 Å². The van der Waals surface area contributed by atoms with Gasteiger partial charge in [0.15, 0.2) is 0 Å². The number of nitrogens with zero attached hydrogens (tertiary/aromatic N) is 1. The van der Waals surface area contributed by atoms with Crippen LogP contribution in [0.2, 0.25) is 0 Å². The molecule has 116 valence electrons. The van der Waals surface area contributed by atoms with E-state index in [0.717, 1.165) is 16.2 Å². The quantitative estimate of drug-likeness (QED) is 0.948. The molecule has 0 aliphatic rings. The number of aromatic nitrogens is 1. The van der Waals surface area contributed by atoms with Crippen LogP contribution in [0.3, 0.4) is 0 Å². The van der Waals surface area contributed by atoms with E-state index in [0.29, 0.717) is 18.0 Å². The fraction of sp³-hybridized carbons (Fsp3) is 0.200. The van der Waals surface area contributed by atoms with Gasteiger partial charge in [-0.3, -0.25) is 9.59 Å². The zero-order valence-corrected chi connectivity index (χ0v) is 11.6. The molecule has 2 aromatic rings. The number of aryl methyl sites for hydroxylation is 1. The van der Waals surface area contributed by atoms with Crippen molar-refractivity contribution in [2.45, 2.75) is 19.6 Å². The van der Waals surface area contributed by atoms with E-state index < -0.39 is 29.8 Å². The van der Waals surface area contributed by atoms with Crippen molar-refractivity contribution in [3.8, 4) is 0 Å². The van der Waals surface area contributed by atoms with Crippen LogP contribution in [0.5, 0.6) is 0 Å². The second kappa shape index (κ2) is 6.05. The van der Waals surface area contributed by atoms with E-state index in [1.54, 1.807) is 24.3 Å². The first-order valence-corrected chi connectivity index (χ1v) is 6.40. The number of rotatable bonds is 3. The van der Waals surface area contributed by atoms with Crippen LogP contribution in [0.25, 0.3) is 0 Å². The van der Waals surface area contributed by atoms with Crippen molar-refractivity contribution in [2.75, 3.05) is 5.32 Å². The van der Waals surface area contributed by atoms with Crippen LogP contribution in [0.15, 0.2) is 47.4 Å². The number of hydrogen-bond acceptors (Lipinski definition) is 2. The molecule has 0 atom stereocenters. The maximum absolute atomic E-state index is 12.6. The fourth-order valence-electron chi connectivity index (χ4n) is 1.81. The highest BCUT2D eigenvalue weighted by atomic mass is 19.4. The van der Waals surface area contributed by atoms with E-state index in [-0.39, 0.29) is 0 Å². The van der Waals surface area contributed by atoms with Gasteiger partial charge < -0.3 is 9.88 Å². The number of anilines is 1. The molecule has 4 nitrogen and oxygen atoms in total. The molecule has 0 radical (unpaired) electrons. The van der Waals surface area contributed by atoms with Gasteiger partial charge in [-0.15, -0.1) is 0 Å². The topological polar surface area (TPSA) is 51.1 Å². The molecule has 22 heavy (non-hydrogen) atoms. The van der Waals surface area contributed by atoms with Gasteiger partial charge in [-0.1, -0.05) is 17.7 Å². The molecule has 0 fully saturated rings. The lowest BCUT2D eigenvalue weighted by Gasteiger charge is -2.11. The van der Waals surface area contributed by atoms with Crippen molar-refractivity contribution in [1.29, 1.82) is 0 Å². The normalized spacial score (nSPS) is 11.3. The Hall–Kier alpha value is -2.57. The fourth-order valence-corrected chi connectivity index (χ4v) is 1.81. The minimum Gasteiger partial charge on any atom is -0.325 e. The van der Waals surface area contributed by atoms with E-state index in [1.165, 1.54) is 0 Å². The summed E-state index contributed by atoms with van der Waals surface area (Å²) in [5.41, 5.74) is -0.134. The molecular weight excluding hydrogens is 297 g/mol. The summed E-state index contributed by atoms with van der Waals surface area (Å²) < 4.78 is 38.5. The number of pyridine rings is 1. The average molecular weight is 310 g/mol. The Morgan fingerprint density at radius 2 is 1.77 bits per heavy atom. The summed E-state index contributed by atoms with van der Waals surface area (Å²) >= 11 is 0. The van der Waals surface area contributed by atoms with Crippen LogP contribution >= 0.6 is 0 Å². The van der Waals surface area contributed by atoms with Gasteiger partial charge in [-0.25, -0.2) is 0 Å². The molecule has 0 unspecified atom stereocenters. The zero-order valence-electron chi connectivity index (χ0n) is 11.6. The monoisotopic (exact) mass is 310 g/mol. The van der Waals surface area contributed by atoms with Gasteiger partial charge in [0, 0.05) is 18.0 Å². The molecule has 0 saturated carbocycles. The zero-order chi connectivity index (χ0) is 16.3. The number of carbonyl (C=O) groups is 1. The maximum atomic E-state index is 12.6. The first-order valence-electron chi connectivity index (χ1n) is 6.40. The summed E-state index contributed by atoms with van der Waals surface area (Å²) in [7, 11) is 0. The Kier molecular flexibility index (Phi) is 4.35. The van der Waals surface area contributed by atoms with E-state index in [2.05, 4.69) is 5.32 Å². The Bertz CT molecular complexity index is 734. The summed E-state index contributed by atoms with van der Waals surface area (Å²) in [5.74, 6) is -0.578. The molecular formula is C15H13F3N2O2. The Labute approximate surface area is 124 Å². The third kappa shape index (κ3) is 3.97. The van der Waals surface area contributed by atoms with E-state index in [1.807, 2.05) is 6.92 Å². The van der Waals surface area contributed by atoms with Crippen molar-refractivity contribution in [2.24, 2.45) is 0 Å². The number of amides is 1. The standard InChI is InChI=1S/C15H13F3N2O2/c1-10-2-5-12(6-3-10)19-13(21)9-20-8-11(15(16,17)18)4-7-14(20)22/h2-8H,9H2,1H3,(H,19,21). The van der Waals surface area contributed by atoms with Crippen molar-refractivity contribution in [1.82, 2.24) is 4.57 Å². The highest BCUT2D eigenvalue weighted by molar-refractivity contribution is 5.90. The first kappa shape index (κ1) is 15.8. The lowest BCUT2D eigenvalue weighted by atomic mass is 10.2. The predicted molar refractivity (Wildman–Crippen MR) is 75.5 cm³/mol. The molecule has 1 N–H and O–H groups in total. The smallest absolute Gasteiger partial charge is 0.325 e. The number of benzene rings is 1. The molecule has 0 aliphatic carbocycles. The van der Waals surface area contributed by atoms with Crippen LogP contribution in [0, 0.1) is 6.92 Å². The van der Waals surface area contributed by atoms with Gasteiger partial charge in [-0.05, 0) is 25.1 Å². The first-order chi connectivity index (χ1) is 10.3. The minimum absolute atomic E-state index is 0.489. The van der Waals surface area contributed by atoms with Gasteiger partial charge in [-0.2, -0.15) is 13.2 Å². The van der Waals surface area contributed by atoms with Crippen LogP contribution < -0.4 is 10.9 Å². The summed E-state index contributed by atoms with van der Waals surface area (Å²) in [6, 6.07) is 8.39. The third-order valence-electron chi connectivity index (χ3n) is 2.96. The molecule has 1 aromatic carbocycles. The van der Waals surface area contributed by atoms with Crippen molar-refractivity contribution in [3.05, 3.63) is 64.1 Å². The highest BCUT2D eigenvalue weighted by Gasteiger charge is 2.31. The van der Waals surface area contributed by atoms with Crippen molar-refractivity contribution in [3.63, 3.8) is 0 Å². The Balaban J connectivity index is 2.14. The van der Waals surface area contributed by atoms with Gasteiger partial charge >= 0.3 is 6.18 Å². The van der Waals surface area contributed by atoms with E-state index >= 15 is 0 Å². The molecule has 0 aliphatic heterocycles. The third-order valence-corrected chi connectivity index (χ3v) is 2.96. The predicted octanol–water partition coefficient (Wildman–Crippen LogP) is 2.81. The van der Waals surface area contributed by atoms with E-state index in [4.69, 9.17) is 0 Å². The van der Waals surface area contributed by atoms with Crippen LogP contribution in [-0.4, -0.2) is 10.5 Å². The second-order valence-electron chi connectivity index (χ2n) is 4.80. The largest absolute Gasteiger partial charge is 0.417 e.